The Balaban J connectivity index is 1.89. The minimum absolute atomic E-state index is 0.329. The second-order valence-electron chi connectivity index (χ2n) is 6.24. The number of carboxylic acids is 1. The largest absolute Gasteiger partial charge is 0.490 e. The van der Waals surface area contributed by atoms with Crippen LogP contribution >= 0.6 is 45.2 Å². The van der Waals surface area contributed by atoms with Gasteiger partial charge in [0.2, 0.25) is 0 Å². The highest BCUT2D eigenvalue weighted by Crippen LogP contribution is 2.15. The number of hydrogen-bond donors (Lipinski definition) is 1. The van der Waals surface area contributed by atoms with Crippen LogP contribution < -0.4 is 4.74 Å². The van der Waals surface area contributed by atoms with E-state index in [9.17, 15) is 4.79 Å². The molecule has 0 saturated heterocycles. The monoisotopic (exact) mass is 616 g/mol. The molecule has 1 unspecified atom stereocenters. The fourth-order valence-corrected chi connectivity index (χ4v) is 4.40. The molecule has 0 bridgehead atoms. The first-order valence-electron chi connectivity index (χ1n) is 9.08. The third-order valence-electron chi connectivity index (χ3n) is 3.89. The van der Waals surface area contributed by atoms with Crippen molar-refractivity contribution >= 4 is 51.2 Å². The Hall–Kier alpha value is -1.57. The van der Waals surface area contributed by atoms with E-state index in [-0.39, 0.29) is 0 Å². The second-order valence-corrected chi connectivity index (χ2v) is 8.73. The van der Waals surface area contributed by atoms with Gasteiger partial charge in [-0.15, -0.1) is 0 Å². The van der Waals surface area contributed by atoms with Crippen LogP contribution in [0, 0.1) is 19.0 Å². The summed E-state index contributed by atoms with van der Waals surface area (Å²) in [6, 6.07) is 13.6. The molecule has 0 amide bonds. The fourth-order valence-electron chi connectivity index (χ4n) is 2.47. The quantitative estimate of drug-likeness (QED) is 0.323. The number of halogens is 2. The zero-order chi connectivity index (χ0) is 21.2. The van der Waals surface area contributed by atoms with Crippen LogP contribution in [0.25, 0.3) is 0 Å². The van der Waals surface area contributed by atoms with Crippen molar-refractivity contribution in [2.75, 3.05) is 13.2 Å². The maximum atomic E-state index is 11.2. The van der Waals surface area contributed by atoms with E-state index in [4.69, 9.17) is 14.6 Å². The van der Waals surface area contributed by atoms with Gasteiger partial charge in [0, 0.05) is 25.7 Å². The van der Waals surface area contributed by atoms with E-state index < -0.39 is 12.1 Å². The van der Waals surface area contributed by atoms with Crippen molar-refractivity contribution in [3.63, 3.8) is 0 Å². The molecule has 0 aliphatic rings. The van der Waals surface area contributed by atoms with Crippen LogP contribution in [0.15, 0.2) is 54.1 Å². The van der Waals surface area contributed by atoms with Crippen LogP contribution in [0.4, 0.5) is 0 Å². The third kappa shape index (κ3) is 8.76. The first-order valence-corrected chi connectivity index (χ1v) is 11.2. The van der Waals surface area contributed by atoms with E-state index in [1.54, 1.807) is 6.92 Å². The van der Waals surface area contributed by atoms with Gasteiger partial charge < -0.3 is 14.6 Å². The van der Waals surface area contributed by atoms with Gasteiger partial charge in [-0.05, 0) is 107 Å². The molecule has 0 aliphatic carbocycles. The fraction of sp³-hybridized carbons (Fsp3) is 0.261. The van der Waals surface area contributed by atoms with Gasteiger partial charge in [-0.3, -0.25) is 0 Å². The van der Waals surface area contributed by atoms with Crippen molar-refractivity contribution < 1.29 is 19.4 Å². The Morgan fingerprint density at radius 2 is 1.83 bits per heavy atom. The zero-order valence-electron chi connectivity index (χ0n) is 16.2. The van der Waals surface area contributed by atoms with Crippen molar-refractivity contribution in [3.8, 4) is 17.6 Å². The molecular weight excluding hydrogens is 594 g/mol. The molecular formula is C23H22I2O4. The van der Waals surface area contributed by atoms with E-state index in [2.05, 4.69) is 75.2 Å². The van der Waals surface area contributed by atoms with Crippen molar-refractivity contribution in [1.29, 1.82) is 0 Å². The first kappa shape index (κ1) is 23.7. The summed E-state index contributed by atoms with van der Waals surface area (Å²) in [6.45, 7) is 4.53. The zero-order valence-corrected chi connectivity index (χ0v) is 20.6. The average Bonchev–Trinajstić information content (AvgIpc) is 2.66. The summed E-state index contributed by atoms with van der Waals surface area (Å²) in [5.74, 6) is 6.10. The normalized spacial score (nSPS) is 12.1. The Morgan fingerprint density at radius 3 is 2.41 bits per heavy atom. The van der Waals surface area contributed by atoms with Crippen molar-refractivity contribution in [2.24, 2.45) is 0 Å². The molecule has 2 aromatic rings. The lowest BCUT2D eigenvalue weighted by Gasteiger charge is -2.12. The third-order valence-corrected chi connectivity index (χ3v) is 5.14. The molecule has 0 spiro atoms. The molecule has 0 saturated carbocycles. The lowest BCUT2D eigenvalue weighted by Crippen LogP contribution is -2.26. The van der Waals surface area contributed by atoms with Crippen LogP contribution in [-0.4, -0.2) is 30.4 Å². The van der Waals surface area contributed by atoms with E-state index in [0.29, 0.717) is 19.6 Å². The number of hydrogen-bond acceptors (Lipinski definition) is 3. The van der Waals surface area contributed by atoms with Crippen molar-refractivity contribution in [3.05, 3.63) is 72.4 Å². The molecule has 1 N–H and O–H groups in total. The molecule has 0 radical (unpaired) electrons. The number of ether oxygens (including phenoxy) is 2. The summed E-state index contributed by atoms with van der Waals surface area (Å²) in [5.41, 5.74) is 2.83. The topological polar surface area (TPSA) is 55.8 Å². The molecule has 2 aromatic carbocycles. The Morgan fingerprint density at radius 1 is 1.17 bits per heavy atom. The highest BCUT2D eigenvalue weighted by atomic mass is 127. The van der Waals surface area contributed by atoms with Crippen LogP contribution in [0.2, 0.25) is 0 Å². The van der Waals surface area contributed by atoms with E-state index >= 15 is 0 Å². The second kappa shape index (κ2) is 12.2. The predicted molar refractivity (Wildman–Crippen MR) is 131 cm³/mol. The molecule has 29 heavy (non-hydrogen) atoms. The summed E-state index contributed by atoms with van der Waals surface area (Å²) in [4.78, 5) is 11.2. The number of benzene rings is 2. The lowest BCUT2D eigenvalue weighted by atomic mass is 10.1. The number of aliphatic carboxylic acids is 1. The molecule has 1 atom stereocenters. The van der Waals surface area contributed by atoms with E-state index in [1.165, 1.54) is 7.14 Å². The van der Waals surface area contributed by atoms with Gasteiger partial charge in [0.25, 0.3) is 0 Å². The summed E-state index contributed by atoms with van der Waals surface area (Å²) < 4.78 is 13.3. The van der Waals surface area contributed by atoms with Crippen molar-refractivity contribution in [2.45, 2.75) is 26.4 Å². The highest BCUT2D eigenvalue weighted by molar-refractivity contribution is 14.1. The summed E-state index contributed by atoms with van der Waals surface area (Å²) >= 11 is 4.58. The van der Waals surface area contributed by atoms with Gasteiger partial charge in [-0.1, -0.05) is 24.0 Å². The lowest BCUT2D eigenvalue weighted by molar-refractivity contribution is -0.149. The van der Waals surface area contributed by atoms with Gasteiger partial charge in [-0.25, -0.2) is 4.79 Å². The van der Waals surface area contributed by atoms with Crippen LogP contribution in [-0.2, 0) is 16.0 Å². The maximum Gasteiger partial charge on any atom is 0.333 e. The van der Waals surface area contributed by atoms with Gasteiger partial charge in [0.05, 0.1) is 0 Å². The van der Waals surface area contributed by atoms with Crippen molar-refractivity contribution in [1.82, 2.24) is 0 Å². The van der Waals surface area contributed by atoms with Crippen LogP contribution in [0.5, 0.6) is 5.75 Å². The molecule has 0 heterocycles. The average molecular weight is 616 g/mol. The van der Waals surface area contributed by atoms with Gasteiger partial charge >= 0.3 is 5.97 Å². The standard InChI is InChI=1S/C23H22I2O4/c1-3-28-22(23(26)27)14-17-6-8-21(9-7-17)29-11-10-16(2)4-5-18-12-19(24)15-20(25)13-18/h6-10,12-13,15,22H,3,11,14H2,1-2H3,(H,26,27)/b16-10-. The van der Waals surface area contributed by atoms with Crippen LogP contribution in [0.1, 0.15) is 25.0 Å². The Labute approximate surface area is 199 Å². The minimum atomic E-state index is -0.950. The number of allylic oxidation sites excluding steroid dienone is 1. The Bertz CT molecular complexity index is 904. The number of carbonyl (C=O) groups is 1. The first-order chi connectivity index (χ1) is 13.9. The maximum absolute atomic E-state index is 11.2. The van der Waals surface area contributed by atoms with Crippen LogP contribution in [0.3, 0.4) is 0 Å². The van der Waals surface area contributed by atoms with Gasteiger partial charge in [0.15, 0.2) is 6.10 Å². The molecule has 0 aromatic heterocycles. The minimum Gasteiger partial charge on any atom is -0.490 e. The molecule has 2 rings (SSSR count). The smallest absolute Gasteiger partial charge is 0.333 e. The van der Waals surface area contributed by atoms with E-state index in [1.807, 2.05) is 37.3 Å². The van der Waals surface area contributed by atoms with E-state index in [0.717, 1.165) is 22.4 Å². The summed E-state index contributed by atoms with van der Waals surface area (Å²) in [6.07, 6.45) is 1.44. The molecule has 0 aliphatic heterocycles. The summed E-state index contributed by atoms with van der Waals surface area (Å²) in [7, 11) is 0. The summed E-state index contributed by atoms with van der Waals surface area (Å²) in [5, 5.41) is 9.16. The molecule has 152 valence electrons. The number of carboxylic acid groups (broad SMARTS) is 1. The molecule has 4 nitrogen and oxygen atoms in total. The Kier molecular flexibility index (Phi) is 9.97. The van der Waals surface area contributed by atoms with Gasteiger partial charge in [0.1, 0.15) is 12.4 Å². The number of rotatable bonds is 8. The molecule has 6 heteroatoms. The SMILES string of the molecule is CCOC(Cc1ccc(OC/C=C(/C)C#Cc2cc(I)cc(I)c2)cc1)C(=O)O. The highest BCUT2D eigenvalue weighted by Gasteiger charge is 2.17. The predicted octanol–water partition coefficient (Wildman–Crippen LogP) is 5.30. The van der Waals surface area contributed by atoms with Gasteiger partial charge in [-0.2, -0.15) is 0 Å². The molecule has 0 fully saturated rings.